The maximum Gasteiger partial charge on any atom is 0.362 e. The number of nitrogen functional groups attached to an aromatic ring is 1. The van der Waals surface area contributed by atoms with Crippen molar-refractivity contribution >= 4 is 69.1 Å². The number of β-lactam (4-membered cyclic amide) rings is 1. The molecule has 0 aliphatic carbocycles. The van der Waals surface area contributed by atoms with Crippen LogP contribution < -0.4 is 11.1 Å². The van der Waals surface area contributed by atoms with E-state index in [1.807, 2.05) is 36.4 Å². The zero-order chi connectivity index (χ0) is 34.9. The van der Waals surface area contributed by atoms with E-state index < -0.39 is 57.8 Å². The van der Waals surface area contributed by atoms with Gasteiger partial charge < -0.3 is 36.3 Å². The van der Waals surface area contributed by atoms with Crippen LogP contribution in [-0.4, -0.2) is 82.4 Å². The van der Waals surface area contributed by atoms with Gasteiger partial charge in [0.25, 0.3) is 11.8 Å². The normalized spacial score (nSPS) is 18.7. The standard InChI is InChI=1S/C32H26N6O9S2/c33-31-36-22(15-49-31)32(30(45)46,19-7-2-8-21(39)26(19)41)47-35-13-23(40)37-24-27(42)38-25(29(43)44)18(14-48-28(24)38)5-1-4-16-9-10-17-6-3-11-34-20(17)12-16/h1-3,5-13,15,24,28,39,41H,4,14H2,(H2,33,36)(H,37,40)(H,43,44)(H,45,46). The minimum atomic E-state index is -2.63. The molecular weight excluding hydrogens is 677 g/mol. The van der Waals surface area contributed by atoms with Gasteiger partial charge in [-0.05, 0) is 41.8 Å². The van der Waals surface area contributed by atoms with Gasteiger partial charge in [-0.25, -0.2) is 14.6 Å². The number of anilines is 1. The summed E-state index contributed by atoms with van der Waals surface area (Å²) in [5, 5.41) is 48.2. The van der Waals surface area contributed by atoms with Crippen molar-refractivity contribution in [1.29, 1.82) is 0 Å². The lowest BCUT2D eigenvalue weighted by molar-refractivity contribution is -0.162. The third-order valence-corrected chi connectivity index (χ3v) is 9.75. The Morgan fingerprint density at radius 3 is 2.71 bits per heavy atom. The van der Waals surface area contributed by atoms with E-state index in [1.54, 1.807) is 12.3 Å². The number of hydrogen-bond acceptors (Lipinski definition) is 13. The largest absolute Gasteiger partial charge is 0.504 e. The minimum Gasteiger partial charge on any atom is -0.504 e. The number of allylic oxidation sites excluding steroid dienone is 2. The van der Waals surface area contributed by atoms with Gasteiger partial charge in [-0.2, -0.15) is 0 Å². The van der Waals surface area contributed by atoms with Gasteiger partial charge in [0.2, 0.25) is 0 Å². The predicted molar refractivity (Wildman–Crippen MR) is 179 cm³/mol. The number of amides is 2. The number of rotatable bonds is 11. The number of para-hydroxylation sites is 1. The Balaban J connectivity index is 1.15. The molecule has 2 amide bonds. The number of pyridine rings is 1. The number of phenols is 2. The number of phenolic OH excluding ortho intramolecular Hbond substituents is 2. The first-order chi connectivity index (χ1) is 23.5. The van der Waals surface area contributed by atoms with Crippen molar-refractivity contribution in [3.63, 3.8) is 0 Å². The lowest BCUT2D eigenvalue weighted by atomic mass is 9.90. The van der Waals surface area contributed by atoms with E-state index in [9.17, 15) is 39.6 Å². The summed E-state index contributed by atoms with van der Waals surface area (Å²) in [7, 11) is 0. The molecule has 4 aromatic rings. The molecule has 250 valence electrons. The number of carboxylic acids is 2. The molecule has 1 saturated heterocycles. The summed E-state index contributed by atoms with van der Waals surface area (Å²) in [6.45, 7) is 0. The van der Waals surface area contributed by atoms with Gasteiger partial charge in [0.15, 0.2) is 16.6 Å². The first kappa shape index (κ1) is 33.0. The summed E-state index contributed by atoms with van der Waals surface area (Å²) >= 11 is 2.14. The number of thiazole rings is 1. The molecule has 3 unspecified atom stereocenters. The third kappa shape index (κ3) is 6.12. The van der Waals surface area contributed by atoms with Gasteiger partial charge in [0, 0.05) is 22.7 Å². The number of thioether (sulfide) groups is 1. The van der Waals surface area contributed by atoms with Crippen molar-refractivity contribution in [2.24, 2.45) is 5.16 Å². The number of aliphatic carboxylic acids is 2. The van der Waals surface area contributed by atoms with Crippen LogP contribution in [0.4, 0.5) is 5.13 Å². The number of aromatic hydroxyl groups is 2. The number of carboxylic acid groups (broad SMARTS) is 2. The highest BCUT2D eigenvalue weighted by atomic mass is 32.2. The fourth-order valence-electron chi connectivity index (χ4n) is 5.45. The quantitative estimate of drug-likeness (QED) is 0.0571. The molecule has 4 heterocycles. The Morgan fingerprint density at radius 1 is 1.16 bits per heavy atom. The van der Waals surface area contributed by atoms with Crippen molar-refractivity contribution in [3.8, 4) is 11.5 Å². The monoisotopic (exact) mass is 702 g/mol. The molecule has 2 aliphatic rings. The maximum absolute atomic E-state index is 13.1. The zero-order valence-corrected chi connectivity index (χ0v) is 26.7. The molecule has 0 saturated carbocycles. The number of carbonyl (C=O) groups excluding carboxylic acids is 2. The smallest absolute Gasteiger partial charge is 0.362 e. The van der Waals surface area contributed by atoms with E-state index in [-0.39, 0.29) is 22.3 Å². The zero-order valence-electron chi connectivity index (χ0n) is 25.1. The van der Waals surface area contributed by atoms with Crippen LogP contribution in [0.5, 0.6) is 11.5 Å². The fourth-order valence-corrected chi connectivity index (χ4v) is 7.37. The number of nitrogens with two attached hydrogens (primary N) is 1. The van der Waals surface area contributed by atoms with E-state index >= 15 is 0 Å². The van der Waals surface area contributed by atoms with E-state index in [0.717, 1.165) is 44.8 Å². The topological polar surface area (TPSA) is 238 Å². The number of benzene rings is 2. The van der Waals surface area contributed by atoms with Crippen LogP contribution in [0.2, 0.25) is 0 Å². The number of nitrogens with zero attached hydrogens (tertiary/aromatic N) is 4. The number of hydrogen-bond donors (Lipinski definition) is 6. The molecule has 2 aromatic carbocycles. The highest BCUT2D eigenvalue weighted by Crippen LogP contribution is 2.43. The highest BCUT2D eigenvalue weighted by Gasteiger charge is 2.54. The van der Waals surface area contributed by atoms with Crippen molar-refractivity contribution in [2.75, 3.05) is 11.5 Å². The Morgan fingerprint density at radius 2 is 1.98 bits per heavy atom. The third-order valence-electron chi connectivity index (χ3n) is 7.78. The fraction of sp³-hybridized carbons (Fsp3) is 0.156. The van der Waals surface area contributed by atoms with E-state index in [0.29, 0.717) is 18.2 Å². The number of fused-ring (bicyclic) bond motifs is 2. The van der Waals surface area contributed by atoms with Crippen LogP contribution in [0.25, 0.3) is 10.9 Å². The van der Waals surface area contributed by atoms with E-state index in [1.165, 1.54) is 23.2 Å². The molecule has 0 radical (unpaired) electrons. The van der Waals surface area contributed by atoms with Gasteiger partial charge in [0.1, 0.15) is 29.0 Å². The van der Waals surface area contributed by atoms with Gasteiger partial charge in [-0.3, -0.25) is 19.5 Å². The molecule has 2 aliphatic heterocycles. The Bertz CT molecular complexity index is 2100. The first-order valence-corrected chi connectivity index (χ1v) is 16.3. The molecule has 0 spiro atoms. The first-order valence-electron chi connectivity index (χ1n) is 14.4. The summed E-state index contributed by atoms with van der Waals surface area (Å²) in [6.07, 6.45) is 6.29. The molecule has 6 rings (SSSR count). The van der Waals surface area contributed by atoms with Crippen LogP contribution in [0.1, 0.15) is 16.8 Å². The lowest BCUT2D eigenvalue weighted by Gasteiger charge is -2.49. The van der Waals surface area contributed by atoms with Crippen LogP contribution in [0, 0.1) is 0 Å². The SMILES string of the molecule is Nc1nc(C(ON=CC(=O)NC2C(=O)N3C(C(=O)O)=C(C=CCc4ccc5cccnc5c4)CSC23)(C(=O)O)c2cccc(O)c2O)cs1. The number of oxime groups is 1. The van der Waals surface area contributed by atoms with Crippen molar-refractivity contribution in [1.82, 2.24) is 20.2 Å². The number of carbonyl (C=O) groups is 4. The van der Waals surface area contributed by atoms with E-state index in [4.69, 9.17) is 10.6 Å². The summed E-state index contributed by atoms with van der Waals surface area (Å²) in [5.74, 6) is -5.83. The molecule has 7 N–H and O–H groups in total. The minimum absolute atomic E-state index is 0.0282. The number of aromatic nitrogens is 2. The summed E-state index contributed by atoms with van der Waals surface area (Å²) in [4.78, 5) is 65.6. The molecule has 17 heteroatoms. The molecule has 1 fully saturated rings. The molecule has 15 nitrogen and oxygen atoms in total. The molecular formula is C32H26N6O9S2. The average molecular weight is 703 g/mol. The van der Waals surface area contributed by atoms with Gasteiger partial charge in [0.05, 0.1) is 11.1 Å². The molecule has 3 atom stereocenters. The Labute approximate surface area is 285 Å². The van der Waals surface area contributed by atoms with Crippen LogP contribution in [0.15, 0.2) is 88.7 Å². The second-order valence-electron chi connectivity index (χ2n) is 10.8. The Kier molecular flexibility index (Phi) is 8.94. The predicted octanol–water partition coefficient (Wildman–Crippen LogP) is 2.55. The second-order valence-corrected chi connectivity index (χ2v) is 12.8. The maximum atomic E-state index is 13.1. The summed E-state index contributed by atoms with van der Waals surface area (Å²) < 4.78 is 0. The molecule has 0 bridgehead atoms. The van der Waals surface area contributed by atoms with Gasteiger partial charge >= 0.3 is 17.5 Å². The summed E-state index contributed by atoms with van der Waals surface area (Å²) in [5.41, 5.74) is 4.39. The Hall–Kier alpha value is -5.94. The molecule has 49 heavy (non-hydrogen) atoms. The van der Waals surface area contributed by atoms with Crippen LogP contribution in [0.3, 0.4) is 0 Å². The van der Waals surface area contributed by atoms with Crippen LogP contribution >= 0.6 is 23.1 Å². The van der Waals surface area contributed by atoms with Crippen molar-refractivity contribution in [3.05, 3.63) is 100 Å². The summed E-state index contributed by atoms with van der Waals surface area (Å²) in [6, 6.07) is 12.1. The lowest BCUT2D eigenvalue weighted by Crippen LogP contribution is -2.70. The van der Waals surface area contributed by atoms with E-state index in [2.05, 4.69) is 20.4 Å². The second kappa shape index (κ2) is 13.3. The van der Waals surface area contributed by atoms with Gasteiger partial charge in [-0.1, -0.05) is 41.6 Å². The van der Waals surface area contributed by atoms with Crippen molar-refractivity contribution < 1.29 is 44.4 Å². The average Bonchev–Trinajstić information content (AvgIpc) is 3.52. The highest BCUT2D eigenvalue weighted by molar-refractivity contribution is 8.00. The van der Waals surface area contributed by atoms with Crippen molar-refractivity contribution in [2.45, 2.75) is 23.4 Å². The van der Waals surface area contributed by atoms with Crippen LogP contribution in [-0.2, 0) is 36.0 Å². The molecule has 2 aromatic heterocycles. The number of nitrogens with one attached hydrogen (secondary N) is 1. The van der Waals surface area contributed by atoms with Gasteiger partial charge in [-0.15, -0.1) is 23.1 Å².